The summed E-state index contributed by atoms with van der Waals surface area (Å²) in [6, 6.07) is 13.2. The number of nitrogen functional groups attached to an aromatic ring is 1. The van der Waals surface area contributed by atoms with Gasteiger partial charge in [0.25, 0.3) is 11.6 Å². The molecular weight excluding hydrogens is 696 g/mol. The summed E-state index contributed by atoms with van der Waals surface area (Å²) in [5.41, 5.74) is 7.15. The van der Waals surface area contributed by atoms with Crippen LogP contribution in [0.1, 0.15) is 89.5 Å². The molecule has 0 aromatic heterocycles. The smallest absolute Gasteiger partial charge is 0.350 e. The lowest BCUT2D eigenvalue weighted by atomic mass is 10.2. The molecule has 3 N–H and O–H groups in total. The van der Waals surface area contributed by atoms with Crippen LogP contribution < -0.4 is 11.1 Å². The van der Waals surface area contributed by atoms with E-state index in [1.807, 2.05) is 20.8 Å². The van der Waals surface area contributed by atoms with Gasteiger partial charge >= 0.3 is 35.8 Å². The Bertz CT molecular complexity index is 1540. The molecule has 2 saturated heterocycles. The van der Waals surface area contributed by atoms with Crippen LogP contribution in [0.2, 0.25) is 0 Å². The van der Waals surface area contributed by atoms with Gasteiger partial charge in [-0.15, -0.1) is 0 Å². The molecular formula is C37H50N2O14. The summed E-state index contributed by atoms with van der Waals surface area (Å²) < 4.78 is 39.1. The minimum atomic E-state index is -1.28. The second-order valence-corrected chi connectivity index (χ2v) is 11.5. The molecule has 16 heteroatoms. The van der Waals surface area contributed by atoms with Crippen molar-refractivity contribution in [3.63, 3.8) is 0 Å². The number of ether oxygens (including phenoxy) is 8. The highest BCUT2D eigenvalue weighted by Gasteiger charge is 2.39. The van der Waals surface area contributed by atoms with Crippen molar-refractivity contribution in [1.29, 1.82) is 0 Å². The van der Waals surface area contributed by atoms with E-state index in [0.29, 0.717) is 29.1 Å². The summed E-state index contributed by atoms with van der Waals surface area (Å²) in [6.45, 7) is 17.4. The third kappa shape index (κ3) is 18.0. The fourth-order valence-electron chi connectivity index (χ4n) is 4.04. The molecule has 4 rings (SSSR count). The average Bonchev–Trinajstić information content (AvgIpc) is 3.04. The lowest BCUT2D eigenvalue weighted by Gasteiger charge is -2.29. The van der Waals surface area contributed by atoms with Gasteiger partial charge in [0.05, 0.1) is 24.3 Å². The number of carbonyl (C=O) groups excluding carboxylic acids is 6. The van der Waals surface area contributed by atoms with Crippen LogP contribution in [0.5, 0.6) is 0 Å². The highest BCUT2D eigenvalue weighted by molar-refractivity contribution is 6.15. The van der Waals surface area contributed by atoms with Crippen LogP contribution in [0, 0.1) is 0 Å². The first kappa shape index (κ1) is 45.5. The summed E-state index contributed by atoms with van der Waals surface area (Å²) in [4.78, 5) is 67.5. The number of hydrogen-bond donors (Lipinski definition) is 2. The Morgan fingerprint density at radius 3 is 1.62 bits per heavy atom. The summed E-state index contributed by atoms with van der Waals surface area (Å²) in [6.07, 6.45) is 0.873. The Balaban J connectivity index is 0.000000392. The van der Waals surface area contributed by atoms with Crippen LogP contribution in [0.4, 0.5) is 11.4 Å². The molecule has 2 fully saturated rings. The molecule has 0 saturated carbocycles. The average molecular weight is 747 g/mol. The molecule has 2 aromatic carbocycles. The summed E-state index contributed by atoms with van der Waals surface area (Å²) in [5, 5.41) is 2.77. The zero-order valence-electron chi connectivity index (χ0n) is 31.6. The summed E-state index contributed by atoms with van der Waals surface area (Å²) >= 11 is 0. The molecule has 292 valence electrons. The van der Waals surface area contributed by atoms with Gasteiger partial charge in [0.2, 0.25) is 0 Å². The maximum Gasteiger partial charge on any atom is 0.350 e. The SMILES string of the molecule is CC1(C)OC(=O)CC(=O)O1.CCOC(=O)c1cccc(N)c1.CCOC(=O)c1cccc(NC=C2C(=O)OC(C)(C)OC2=O)c1.CCOC(C)OCC. The molecule has 53 heavy (non-hydrogen) atoms. The van der Waals surface area contributed by atoms with Gasteiger partial charge in [-0.2, -0.15) is 0 Å². The predicted octanol–water partition coefficient (Wildman–Crippen LogP) is 5.06. The maximum absolute atomic E-state index is 11.8. The van der Waals surface area contributed by atoms with E-state index in [2.05, 4.69) is 14.8 Å². The van der Waals surface area contributed by atoms with E-state index in [1.165, 1.54) is 33.9 Å². The van der Waals surface area contributed by atoms with E-state index >= 15 is 0 Å². The maximum atomic E-state index is 11.8. The third-order valence-corrected chi connectivity index (χ3v) is 6.08. The molecule has 0 unspecified atom stereocenters. The van der Waals surface area contributed by atoms with Crippen LogP contribution >= 0.6 is 0 Å². The molecule has 0 spiro atoms. The van der Waals surface area contributed by atoms with Crippen molar-refractivity contribution >= 4 is 47.2 Å². The van der Waals surface area contributed by atoms with E-state index in [4.69, 9.17) is 34.2 Å². The zero-order chi connectivity index (χ0) is 40.2. The van der Waals surface area contributed by atoms with Gasteiger partial charge in [-0.1, -0.05) is 12.1 Å². The Labute approximate surface area is 309 Å². The number of nitrogens with one attached hydrogen (secondary N) is 1. The largest absolute Gasteiger partial charge is 0.462 e. The third-order valence-electron chi connectivity index (χ3n) is 6.08. The Hall–Kier alpha value is -5.48. The normalized spacial score (nSPS) is 15.2. The Morgan fingerprint density at radius 1 is 0.736 bits per heavy atom. The number of carbonyl (C=O) groups is 6. The number of anilines is 2. The van der Waals surface area contributed by atoms with Gasteiger partial charge in [0.1, 0.15) is 6.42 Å². The van der Waals surface area contributed by atoms with Crippen LogP contribution in [0.15, 0.2) is 60.3 Å². The number of nitrogens with two attached hydrogens (primary N) is 1. The highest BCUT2D eigenvalue weighted by atomic mass is 16.8. The van der Waals surface area contributed by atoms with Crippen molar-refractivity contribution in [1.82, 2.24) is 0 Å². The molecule has 2 aliphatic rings. The Morgan fingerprint density at radius 2 is 1.19 bits per heavy atom. The van der Waals surface area contributed by atoms with Crippen molar-refractivity contribution in [3.8, 4) is 0 Å². The molecule has 2 aliphatic heterocycles. The summed E-state index contributed by atoms with van der Waals surface area (Å²) in [5.74, 6) is -5.75. The number of benzene rings is 2. The van der Waals surface area contributed by atoms with Gasteiger partial charge in [-0.3, -0.25) is 9.59 Å². The quantitative estimate of drug-likeness (QED) is 0.0618. The molecule has 0 bridgehead atoms. The molecule has 0 radical (unpaired) electrons. The Kier molecular flexibility index (Phi) is 19.3. The lowest BCUT2D eigenvalue weighted by Crippen LogP contribution is -2.42. The molecule has 2 aromatic rings. The second-order valence-electron chi connectivity index (χ2n) is 11.5. The van der Waals surface area contributed by atoms with Gasteiger partial charge in [0.15, 0.2) is 11.9 Å². The van der Waals surface area contributed by atoms with Crippen molar-refractivity contribution in [2.75, 3.05) is 37.5 Å². The first-order chi connectivity index (χ1) is 24.9. The van der Waals surface area contributed by atoms with Crippen LogP contribution in [0.25, 0.3) is 0 Å². The van der Waals surface area contributed by atoms with E-state index in [-0.39, 0.29) is 30.9 Å². The number of cyclic esters (lactones) is 4. The van der Waals surface area contributed by atoms with Crippen LogP contribution in [-0.2, 0) is 57.1 Å². The number of hydrogen-bond acceptors (Lipinski definition) is 16. The predicted molar refractivity (Wildman–Crippen MR) is 191 cm³/mol. The van der Waals surface area contributed by atoms with E-state index < -0.39 is 41.4 Å². The molecule has 0 amide bonds. The minimum Gasteiger partial charge on any atom is -0.462 e. The van der Waals surface area contributed by atoms with Crippen molar-refractivity contribution in [2.45, 2.75) is 86.6 Å². The topological polar surface area (TPSA) is 214 Å². The van der Waals surface area contributed by atoms with E-state index in [0.717, 1.165) is 13.2 Å². The minimum absolute atomic E-state index is 0.0370. The molecule has 0 aliphatic carbocycles. The van der Waals surface area contributed by atoms with Gasteiger partial charge in [0, 0.05) is 58.5 Å². The van der Waals surface area contributed by atoms with Gasteiger partial charge in [-0.25, -0.2) is 19.2 Å². The fourth-order valence-corrected chi connectivity index (χ4v) is 4.04. The monoisotopic (exact) mass is 746 g/mol. The standard InChI is InChI=1S/C16H17NO6.C9H11NO2.C6H8O4.C6H14O2/c1-4-21-13(18)10-6-5-7-11(8-10)17-9-12-14(19)22-16(2,3)23-15(12)20;1-2-12-9(11)7-4-3-5-8(10)6-7;1-6(2)9-4(7)3-5(8)10-6;1-4-7-6(3)8-5-2/h5-9,17H,4H2,1-3H3;3-6H,2,10H2,1H3;3H2,1-2H3;6H,4-5H2,1-3H3. The number of esters is 6. The number of rotatable bonds is 10. The first-order valence-electron chi connectivity index (χ1n) is 16.8. The van der Waals surface area contributed by atoms with Gasteiger partial charge in [-0.05, 0) is 71.0 Å². The van der Waals surface area contributed by atoms with Crippen molar-refractivity contribution in [3.05, 3.63) is 71.4 Å². The van der Waals surface area contributed by atoms with E-state index in [1.54, 1.807) is 62.4 Å². The van der Waals surface area contributed by atoms with Crippen LogP contribution in [0.3, 0.4) is 0 Å². The van der Waals surface area contributed by atoms with Crippen molar-refractivity contribution < 1.29 is 66.7 Å². The van der Waals surface area contributed by atoms with Gasteiger partial charge < -0.3 is 48.9 Å². The second kappa shape index (κ2) is 22.5. The highest BCUT2D eigenvalue weighted by Crippen LogP contribution is 2.23. The molecule has 2 heterocycles. The zero-order valence-corrected chi connectivity index (χ0v) is 31.6. The molecule has 0 atom stereocenters. The fraction of sp³-hybridized carbons (Fsp3) is 0.459. The van der Waals surface area contributed by atoms with Crippen LogP contribution in [-0.4, -0.2) is 80.1 Å². The summed E-state index contributed by atoms with van der Waals surface area (Å²) in [7, 11) is 0. The van der Waals surface area contributed by atoms with Crippen molar-refractivity contribution in [2.24, 2.45) is 0 Å². The van der Waals surface area contributed by atoms with E-state index in [9.17, 15) is 28.8 Å². The first-order valence-corrected chi connectivity index (χ1v) is 16.8. The molecule has 16 nitrogen and oxygen atoms in total. The lowest BCUT2D eigenvalue weighted by molar-refractivity contribution is -0.231.